The van der Waals surface area contributed by atoms with Gasteiger partial charge in [0.1, 0.15) is 10.0 Å². The summed E-state index contributed by atoms with van der Waals surface area (Å²) in [5, 5.41) is 11.8. The first-order valence-corrected chi connectivity index (χ1v) is 8.86. The number of hydrogen-bond donors (Lipinski definition) is 3. The van der Waals surface area contributed by atoms with E-state index < -0.39 is 10.0 Å². The molecule has 0 radical (unpaired) electrons. The van der Waals surface area contributed by atoms with Gasteiger partial charge >= 0.3 is 0 Å². The van der Waals surface area contributed by atoms with Gasteiger partial charge in [-0.15, -0.1) is 11.3 Å². The second kappa shape index (κ2) is 6.11. The summed E-state index contributed by atoms with van der Waals surface area (Å²) in [6, 6.07) is 3.15. The third-order valence-corrected chi connectivity index (χ3v) is 6.78. The summed E-state index contributed by atoms with van der Waals surface area (Å²) in [7, 11) is -3.53. The van der Waals surface area contributed by atoms with Gasteiger partial charge in [0.05, 0.1) is 0 Å². The van der Waals surface area contributed by atoms with E-state index in [1.807, 2.05) is 13.0 Å². The van der Waals surface area contributed by atoms with E-state index in [-0.39, 0.29) is 17.8 Å². The molecule has 6 nitrogen and oxygen atoms in total. The predicted molar refractivity (Wildman–Crippen MR) is 78.6 cm³/mol. The molecule has 1 aromatic heterocycles. The number of nitrogens with zero attached hydrogens (tertiary/aromatic N) is 1. The quantitative estimate of drug-likeness (QED) is 0.331. The lowest BCUT2D eigenvalue weighted by Gasteiger charge is -2.19. The second-order valence-electron chi connectivity index (χ2n) is 4.86. The maximum Gasteiger partial charge on any atom is 0.250 e. The normalized spacial score (nSPS) is 24.1. The standard InChI is InChI=1S/C12H19N3O3S2/c1-2-8-6-7-11(19-8)20(17,18)15-10-5-3-4-9(10)12(13)14-16/h6-7,9-10,15-16H,2-5H2,1H3,(H2,13,14). The van der Waals surface area contributed by atoms with E-state index in [0.29, 0.717) is 10.6 Å². The average Bonchev–Trinajstić information content (AvgIpc) is 3.06. The van der Waals surface area contributed by atoms with Crippen molar-refractivity contribution in [1.82, 2.24) is 4.72 Å². The van der Waals surface area contributed by atoms with E-state index >= 15 is 0 Å². The molecular formula is C12H19N3O3S2. The van der Waals surface area contributed by atoms with Crippen molar-refractivity contribution in [2.75, 3.05) is 0 Å². The zero-order chi connectivity index (χ0) is 14.8. The fraction of sp³-hybridized carbons (Fsp3) is 0.583. The summed E-state index contributed by atoms with van der Waals surface area (Å²) in [6.45, 7) is 1.99. The number of amidine groups is 1. The molecule has 0 aromatic carbocycles. The highest BCUT2D eigenvalue weighted by Gasteiger charge is 2.34. The molecule has 0 saturated heterocycles. The first-order chi connectivity index (χ1) is 9.47. The lowest BCUT2D eigenvalue weighted by atomic mass is 10.0. The summed E-state index contributed by atoms with van der Waals surface area (Å²) in [4.78, 5) is 1.03. The van der Waals surface area contributed by atoms with E-state index in [1.165, 1.54) is 11.3 Å². The van der Waals surface area contributed by atoms with Crippen molar-refractivity contribution in [3.05, 3.63) is 17.0 Å². The van der Waals surface area contributed by atoms with Crippen LogP contribution in [-0.4, -0.2) is 25.5 Å². The van der Waals surface area contributed by atoms with Gasteiger partial charge in [-0.25, -0.2) is 13.1 Å². The van der Waals surface area contributed by atoms with Gasteiger partial charge in [0.25, 0.3) is 0 Å². The Labute approximate surface area is 122 Å². The molecule has 0 spiro atoms. The van der Waals surface area contributed by atoms with Crippen LogP contribution in [0.2, 0.25) is 0 Å². The molecule has 0 aliphatic heterocycles. The Hall–Kier alpha value is -1.12. The fourth-order valence-electron chi connectivity index (χ4n) is 2.48. The molecule has 1 aliphatic carbocycles. The van der Waals surface area contributed by atoms with Crippen molar-refractivity contribution in [2.45, 2.75) is 42.9 Å². The van der Waals surface area contributed by atoms with Crippen LogP contribution in [-0.2, 0) is 16.4 Å². The minimum Gasteiger partial charge on any atom is -0.409 e. The van der Waals surface area contributed by atoms with Crippen LogP contribution in [0.5, 0.6) is 0 Å². The molecule has 112 valence electrons. The van der Waals surface area contributed by atoms with Gasteiger partial charge in [0.2, 0.25) is 10.0 Å². The number of oxime groups is 1. The first kappa shape index (κ1) is 15.3. The van der Waals surface area contributed by atoms with E-state index in [1.54, 1.807) is 6.07 Å². The highest BCUT2D eigenvalue weighted by molar-refractivity contribution is 7.91. The van der Waals surface area contributed by atoms with Crippen LogP contribution in [0.4, 0.5) is 0 Å². The SMILES string of the molecule is CCc1ccc(S(=O)(=O)NC2CCCC2C(N)=NO)s1. The third-order valence-electron chi connectivity index (χ3n) is 3.57. The Kier molecular flexibility index (Phi) is 4.66. The van der Waals surface area contributed by atoms with Crippen molar-refractivity contribution in [3.8, 4) is 0 Å². The van der Waals surface area contributed by atoms with Gasteiger partial charge in [-0.2, -0.15) is 0 Å². The molecule has 0 bridgehead atoms. The molecule has 2 rings (SSSR count). The van der Waals surface area contributed by atoms with E-state index in [0.717, 1.165) is 24.1 Å². The van der Waals surface area contributed by atoms with Crippen LogP contribution in [0.1, 0.15) is 31.1 Å². The van der Waals surface area contributed by atoms with Crippen LogP contribution >= 0.6 is 11.3 Å². The monoisotopic (exact) mass is 317 g/mol. The molecular weight excluding hydrogens is 298 g/mol. The molecule has 1 aromatic rings. The maximum atomic E-state index is 12.3. The third kappa shape index (κ3) is 3.13. The van der Waals surface area contributed by atoms with Crippen LogP contribution in [0.15, 0.2) is 21.5 Å². The molecule has 1 saturated carbocycles. The molecule has 1 fully saturated rings. The lowest BCUT2D eigenvalue weighted by Crippen LogP contribution is -2.42. The van der Waals surface area contributed by atoms with Gasteiger partial charge < -0.3 is 10.9 Å². The Bertz CT molecular complexity index is 595. The lowest BCUT2D eigenvalue weighted by molar-refractivity contribution is 0.312. The summed E-state index contributed by atoms with van der Waals surface area (Å²) in [5.74, 6) is -0.143. The predicted octanol–water partition coefficient (Wildman–Crippen LogP) is 1.50. The molecule has 0 amide bonds. The van der Waals surface area contributed by atoms with Crippen molar-refractivity contribution in [2.24, 2.45) is 16.8 Å². The number of thiophene rings is 1. The maximum absolute atomic E-state index is 12.3. The molecule has 2 unspecified atom stereocenters. The minimum absolute atomic E-state index is 0.0932. The van der Waals surface area contributed by atoms with Gasteiger partial charge in [-0.1, -0.05) is 18.5 Å². The Morgan fingerprint density at radius 3 is 2.90 bits per heavy atom. The van der Waals surface area contributed by atoms with Gasteiger partial charge in [0, 0.05) is 16.8 Å². The van der Waals surface area contributed by atoms with Gasteiger partial charge in [0.15, 0.2) is 0 Å². The second-order valence-corrected chi connectivity index (χ2v) is 7.97. The molecule has 4 N–H and O–H groups in total. The Balaban J connectivity index is 2.15. The summed E-state index contributed by atoms with van der Waals surface area (Å²) >= 11 is 1.28. The van der Waals surface area contributed by atoms with Crippen molar-refractivity contribution in [1.29, 1.82) is 0 Å². The van der Waals surface area contributed by atoms with Crippen LogP contribution in [0.3, 0.4) is 0 Å². The number of nitrogens with one attached hydrogen (secondary N) is 1. The average molecular weight is 317 g/mol. The highest BCUT2D eigenvalue weighted by atomic mass is 32.2. The van der Waals surface area contributed by atoms with Crippen molar-refractivity contribution >= 4 is 27.2 Å². The Morgan fingerprint density at radius 1 is 1.55 bits per heavy atom. The number of hydrogen-bond acceptors (Lipinski definition) is 5. The molecule has 8 heteroatoms. The smallest absolute Gasteiger partial charge is 0.250 e. The molecule has 1 aliphatic rings. The zero-order valence-corrected chi connectivity index (χ0v) is 12.9. The van der Waals surface area contributed by atoms with E-state index in [9.17, 15) is 8.42 Å². The topological polar surface area (TPSA) is 105 Å². The number of sulfonamides is 1. The largest absolute Gasteiger partial charge is 0.409 e. The minimum atomic E-state index is -3.53. The number of aryl methyl sites for hydroxylation is 1. The fourth-order valence-corrected chi connectivity index (χ4v) is 5.10. The summed E-state index contributed by atoms with van der Waals surface area (Å²) < 4.78 is 27.7. The number of nitrogens with two attached hydrogens (primary N) is 1. The molecule has 2 atom stereocenters. The Morgan fingerprint density at radius 2 is 2.30 bits per heavy atom. The van der Waals surface area contributed by atoms with E-state index in [2.05, 4.69) is 9.88 Å². The van der Waals surface area contributed by atoms with Gasteiger partial charge in [-0.3, -0.25) is 0 Å². The summed E-state index contributed by atoms with van der Waals surface area (Å²) in [5.41, 5.74) is 5.62. The van der Waals surface area contributed by atoms with Gasteiger partial charge in [-0.05, 0) is 31.4 Å². The van der Waals surface area contributed by atoms with E-state index in [4.69, 9.17) is 10.9 Å². The molecule has 1 heterocycles. The van der Waals surface area contributed by atoms with Crippen LogP contribution < -0.4 is 10.5 Å². The van der Waals surface area contributed by atoms with Crippen molar-refractivity contribution < 1.29 is 13.6 Å². The van der Waals surface area contributed by atoms with Crippen LogP contribution in [0.25, 0.3) is 0 Å². The summed E-state index contributed by atoms with van der Waals surface area (Å²) in [6.07, 6.45) is 3.11. The van der Waals surface area contributed by atoms with Crippen molar-refractivity contribution in [3.63, 3.8) is 0 Å². The molecule has 20 heavy (non-hydrogen) atoms. The highest BCUT2D eigenvalue weighted by Crippen LogP contribution is 2.29. The zero-order valence-electron chi connectivity index (χ0n) is 11.2. The number of rotatable bonds is 5. The van der Waals surface area contributed by atoms with Crippen LogP contribution in [0, 0.1) is 5.92 Å². The first-order valence-electron chi connectivity index (χ1n) is 6.56.